The third-order valence-corrected chi connectivity index (χ3v) is 2.28. The van der Waals surface area contributed by atoms with Crippen LogP contribution in [0.25, 0.3) is 0 Å². The summed E-state index contributed by atoms with van der Waals surface area (Å²) in [6.45, 7) is 2.89. The van der Waals surface area contributed by atoms with Crippen LogP contribution in [0.5, 0.6) is 0 Å². The van der Waals surface area contributed by atoms with Crippen LogP contribution in [-0.4, -0.2) is 22.6 Å². The van der Waals surface area contributed by atoms with Gasteiger partial charge in [-0.05, 0) is 31.2 Å². The van der Waals surface area contributed by atoms with Crippen molar-refractivity contribution in [2.75, 3.05) is 17.2 Å². The summed E-state index contributed by atoms with van der Waals surface area (Å²) >= 11 is 0. The highest BCUT2D eigenvalue weighted by atomic mass is 16.1. The lowest BCUT2D eigenvalue weighted by molar-refractivity contribution is 0.102. The maximum Gasteiger partial charge on any atom is 0.255 e. The van der Waals surface area contributed by atoms with Crippen molar-refractivity contribution in [1.82, 2.24) is 10.2 Å². The number of anilines is 2. The van der Waals surface area contributed by atoms with Crippen molar-refractivity contribution in [3.8, 4) is 0 Å². The van der Waals surface area contributed by atoms with Gasteiger partial charge in [0.1, 0.15) is 0 Å². The van der Waals surface area contributed by atoms with Gasteiger partial charge in [0.15, 0.2) is 0 Å². The second-order valence-electron chi connectivity index (χ2n) is 3.55. The van der Waals surface area contributed by atoms with Gasteiger partial charge in [-0.1, -0.05) is 0 Å². The second-order valence-corrected chi connectivity index (χ2v) is 3.55. The molecule has 0 unspecified atom stereocenters. The summed E-state index contributed by atoms with van der Waals surface area (Å²) in [6.07, 6.45) is 3.19. The smallest absolute Gasteiger partial charge is 0.255 e. The van der Waals surface area contributed by atoms with Crippen molar-refractivity contribution in [1.29, 1.82) is 0 Å². The van der Waals surface area contributed by atoms with Crippen LogP contribution in [0.1, 0.15) is 17.3 Å². The van der Waals surface area contributed by atoms with Gasteiger partial charge < -0.3 is 10.6 Å². The molecule has 0 bridgehead atoms. The van der Waals surface area contributed by atoms with E-state index in [0.29, 0.717) is 11.3 Å². The van der Waals surface area contributed by atoms with Crippen molar-refractivity contribution in [3.63, 3.8) is 0 Å². The minimum absolute atomic E-state index is 0.144. The molecule has 5 heteroatoms. The van der Waals surface area contributed by atoms with Gasteiger partial charge in [-0.15, -0.1) is 0 Å². The van der Waals surface area contributed by atoms with E-state index in [2.05, 4.69) is 20.8 Å². The molecule has 0 aliphatic carbocycles. The molecule has 0 aliphatic heterocycles. The minimum Gasteiger partial charge on any atom is -0.385 e. The van der Waals surface area contributed by atoms with Crippen LogP contribution >= 0.6 is 0 Å². The van der Waals surface area contributed by atoms with E-state index in [1.807, 2.05) is 19.1 Å². The molecule has 1 aromatic heterocycles. The van der Waals surface area contributed by atoms with Crippen molar-refractivity contribution < 1.29 is 4.79 Å². The third-order valence-electron chi connectivity index (χ3n) is 2.28. The molecule has 0 atom stereocenters. The highest BCUT2D eigenvalue weighted by Gasteiger charge is 2.05. The molecule has 0 saturated carbocycles. The number of aromatic nitrogens is 2. The lowest BCUT2D eigenvalue weighted by Gasteiger charge is -2.05. The number of nitrogens with zero attached hydrogens (tertiary/aromatic N) is 1. The summed E-state index contributed by atoms with van der Waals surface area (Å²) in [6, 6.07) is 7.34. The van der Waals surface area contributed by atoms with Gasteiger partial charge in [0.25, 0.3) is 5.91 Å². The zero-order chi connectivity index (χ0) is 12.1. The van der Waals surface area contributed by atoms with Crippen LogP contribution < -0.4 is 10.6 Å². The standard InChI is InChI=1S/C12H14N4O/c1-2-13-10-5-3-9(4-6-10)12(17)16-11-7-14-15-8-11/h3-8,13H,2H2,1H3,(H,14,15)(H,16,17). The average Bonchev–Trinajstić information content (AvgIpc) is 2.83. The van der Waals surface area contributed by atoms with Crippen molar-refractivity contribution >= 4 is 17.3 Å². The molecule has 1 amide bonds. The van der Waals surface area contributed by atoms with Crippen molar-refractivity contribution in [3.05, 3.63) is 42.2 Å². The largest absolute Gasteiger partial charge is 0.385 e. The van der Waals surface area contributed by atoms with Crippen LogP contribution in [0, 0.1) is 0 Å². The predicted molar refractivity (Wildman–Crippen MR) is 67.1 cm³/mol. The van der Waals surface area contributed by atoms with E-state index in [0.717, 1.165) is 12.2 Å². The van der Waals surface area contributed by atoms with Gasteiger partial charge in [-0.2, -0.15) is 5.10 Å². The highest BCUT2D eigenvalue weighted by Crippen LogP contribution is 2.11. The van der Waals surface area contributed by atoms with E-state index in [1.165, 1.54) is 0 Å². The molecule has 5 nitrogen and oxygen atoms in total. The van der Waals surface area contributed by atoms with E-state index in [9.17, 15) is 4.79 Å². The van der Waals surface area contributed by atoms with E-state index in [1.54, 1.807) is 24.5 Å². The Morgan fingerprint density at radius 2 is 2.06 bits per heavy atom. The van der Waals surface area contributed by atoms with Gasteiger partial charge >= 0.3 is 0 Å². The topological polar surface area (TPSA) is 69.8 Å². The number of hydrogen-bond acceptors (Lipinski definition) is 3. The minimum atomic E-state index is -0.144. The van der Waals surface area contributed by atoms with Gasteiger partial charge in [0.2, 0.25) is 0 Å². The van der Waals surface area contributed by atoms with E-state index in [-0.39, 0.29) is 5.91 Å². The summed E-state index contributed by atoms with van der Waals surface area (Å²) in [4.78, 5) is 11.8. The lowest BCUT2D eigenvalue weighted by Crippen LogP contribution is -2.11. The monoisotopic (exact) mass is 230 g/mol. The average molecular weight is 230 g/mol. The second kappa shape index (κ2) is 5.16. The van der Waals surface area contributed by atoms with Crippen LogP contribution in [0.3, 0.4) is 0 Å². The number of rotatable bonds is 4. The molecule has 0 radical (unpaired) electrons. The Kier molecular flexibility index (Phi) is 3.40. The molecule has 0 spiro atoms. The third kappa shape index (κ3) is 2.84. The fourth-order valence-corrected chi connectivity index (χ4v) is 1.47. The molecule has 0 saturated heterocycles. The van der Waals surface area contributed by atoms with Gasteiger partial charge in [-0.3, -0.25) is 9.89 Å². The van der Waals surface area contributed by atoms with Crippen LogP contribution in [0.2, 0.25) is 0 Å². The van der Waals surface area contributed by atoms with E-state index in [4.69, 9.17) is 0 Å². The van der Waals surface area contributed by atoms with Crippen molar-refractivity contribution in [2.45, 2.75) is 6.92 Å². The first-order chi connectivity index (χ1) is 8.29. The number of hydrogen-bond donors (Lipinski definition) is 3. The van der Waals surface area contributed by atoms with E-state index >= 15 is 0 Å². The van der Waals surface area contributed by atoms with Gasteiger partial charge in [0.05, 0.1) is 11.9 Å². The normalized spacial score (nSPS) is 9.94. The number of nitrogens with one attached hydrogen (secondary N) is 3. The molecular formula is C12H14N4O. The molecule has 1 heterocycles. The number of carbonyl (C=O) groups is 1. The molecule has 17 heavy (non-hydrogen) atoms. The van der Waals surface area contributed by atoms with Crippen molar-refractivity contribution in [2.24, 2.45) is 0 Å². The molecular weight excluding hydrogens is 216 g/mol. The first kappa shape index (κ1) is 11.2. The Balaban J connectivity index is 2.04. The summed E-state index contributed by atoms with van der Waals surface area (Å²) < 4.78 is 0. The quantitative estimate of drug-likeness (QED) is 0.753. The maximum atomic E-state index is 11.8. The lowest BCUT2D eigenvalue weighted by atomic mass is 10.2. The molecule has 2 aromatic rings. The Labute approximate surface area is 99.2 Å². The van der Waals surface area contributed by atoms with Crippen LogP contribution in [0.4, 0.5) is 11.4 Å². The Morgan fingerprint density at radius 3 is 2.65 bits per heavy atom. The number of benzene rings is 1. The number of carbonyl (C=O) groups excluding carboxylic acids is 1. The zero-order valence-corrected chi connectivity index (χ0v) is 9.53. The molecule has 88 valence electrons. The first-order valence-corrected chi connectivity index (χ1v) is 5.43. The molecule has 0 fully saturated rings. The highest BCUT2D eigenvalue weighted by molar-refractivity contribution is 6.04. The fourth-order valence-electron chi connectivity index (χ4n) is 1.47. The first-order valence-electron chi connectivity index (χ1n) is 5.43. The maximum absolute atomic E-state index is 11.8. The van der Waals surface area contributed by atoms with E-state index < -0.39 is 0 Å². The zero-order valence-electron chi connectivity index (χ0n) is 9.53. The summed E-state index contributed by atoms with van der Waals surface area (Å²) in [7, 11) is 0. The number of H-pyrrole nitrogens is 1. The van der Waals surface area contributed by atoms with Crippen LogP contribution in [0.15, 0.2) is 36.7 Å². The van der Waals surface area contributed by atoms with Gasteiger partial charge in [-0.25, -0.2) is 0 Å². The SMILES string of the molecule is CCNc1ccc(C(=O)Nc2cn[nH]c2)cc1. The fraction of sp³-hybridized carbons (Fsp3) is 0.167. The molecule has 2 rings (SSSR count). The molecule has 0 aliphatic rings. The van der Waals surface area contributed by atoms with Gasteiger partial charge in [0, 0.05) is 24.0 Å². The molecule has 3 N–H and O–H groups in total. The number of aromatic amines is 1. The van der Waals surface area contributed by atoms with Crippen LogP contribution in [-0.2, 0) is 0 Å². The Hall–Kier alpha value is -2.30. The number of amides is 1. The summed E-state index contributed by atoms with van der Waals surface area (Å²) in [5.74, 6) is -0.144. The Morgan fingerprint density at radius 1 is 1.29 bits per heavy atom. The Bertz CT molecular complexity index is 476. The summed E-state index contributed by atoms with van der Waals surface area (Å²) in [5, 5.41) is 12.3. The summed E-state index contributed by atoms with van der Waals surface area (Å²) in [5.41, 5.74) is 2.28. The molecule has 1 aromatic carbocycles. The predicted octanol–water partition coefficient (Wildman–Crippen LogP) is 2.09.